The van der Waals surface area contributed by atoms with Crippen LogP contribution in [0.5, 0.6) is 17.2 Å². The van der Waals surface area contributed by atoms with E-state index in [-0.39, 0.29) is 44.6 Å². The van der Waals surface area contributed by atoms with Gasteiger partial charge in [-0.25, -0.2) is 21.8 Å². The lowest BCUT2D eigenvalue weighted by atomic mass is 10.1. The first-order valence-corrected chi connectivity index (χ1v) is 16.5. The maximum atomic E-state index is 14.0. The molecule has 0 unspecified atom stereocenters. The Morgan fingerprint density at radius 2 is 1.17 bits per heavy atom. The lowest BCUT2D eigenvalue weighted by Crippen LogP contribution is -2.39. The Hall–Kier alpha value is -5.42. The fraction of sp³-hybridized carbons (Fsp3) is 0.200. The van der Waals surface area contributed by atoms with Gasteiger partial charge in [-0.1, -0.05) is 0 Å². The predicted octanol–water partition coefficient (Wildman–Crippen LogP) is 2.74. The van der Waals surface area contributed by atoms with Gasteiger partial charge in [-0.05, 0) is 66.2 Å². The summed E-state index contributed by atoms with van der Waals surface area (Å²) in [5, 5.41) is 0. The highest BCUT2D eigenvalue weighted by Gasteiger charge is 2.36. The number of nitrogen functional groups attached to an aromatic ring is 2. The predicted molar refractivity (Wildman–Crippen MR) is 173 cm³/mol. The molecule has 0 aliphatic heterocycles. The molecule has 17 heteroatoms. The van der Waals surface area contributed by atoms with Crippen molar-refractivity contribution in [2.45, 2.75) is 30.1 Å². The van der Waals surface area contributed by atoms with Crippen LogP contribution in [0, 0.1) is 0 Å². The summed E-state index contributed by atoms with van der Waals surface area (Å²) in [6.07, 6.45) is 1.02. The van der Waals surface area contributed by atoms with Crippen molar-refractivity contribution in [1.82, 2.24) is 9.97 Å². The molecular formula is C30H32N6O9S2. The molecule has 248 valence electrons. The average molecular weight is 685 g/mol. The number of ether oxygens (including phenoxy) is 3. The lowest BCUT2D eigenvalue weighted by Gasteiger charge is -2.25. The third-order valence-corrected chi connectivity index (χ3v) is 10.3. The molecule has 15 nitrogen and oxygen atoms in total. The number of carbonyl (C=O) groups excluding carboxylic acids is 2. The summed E-state index contributed by atoms with van der Waals surface area (Å²) in [4.78, 5) is 33.8. The summed E-state index contributed by atoms with van der Waals surface area (Å²) in [5.41, 5.74) is 12.6. The molecule has 3 aromatic carbocycles. The molecule has 0 spiro atoms. The van der Waals surface area contributed by atoms with E-state index in [4.69, 9.17) is 25.7 Å². The second-order valence-electron chi connectivity index (χ2n) is 9.94. The van der Waals surface area contributed by atoms with E-state index < -0.39 is 43.6 Å². The van der Waals surface area contributed by atoms with Crippen molar-refractivity contribution in [3.63, 3.8) is 0 Å². The smallest absolute Gasteiger partial charge is 0.273 e. The number of nitrogens with two attached hydrogens (primary N) is 2. The van der Waals surface area contributed by atoms with Crippen molar-refractivity contribution in [2.24, 2.45) is 0 Å². The van der Waals surface area contributed by atoms with Gasteiger partial charge in [-0.3, -0.25) is 9.59 Å². The Morgan fingerprint density at radius 3 is 1.57 bits per heavy atom. The number of rotatable bonds is 11. The molecule has 4 rings (SSSR count). The monoisotopic (exact) mass is 684 g/mol. The van der Waals surface area contributed by atoms with Crippen LogP contribution in [0.4, 0.5) is 23.1 Å². The number of carbonyl (C=O) groups is 2. The molecule has 0 atom stereocenters. The van der Waals surface area contributed by atoms with E-state index in [0.29, 0.717) is 19.9 Å². The van der Waals surface area contributed by atoms with Crippen LogP contribution in [0.2, 0.25) is 0 Å². The van der Waals surface area contributed by atoms with Crippen LogP contribution in [0.15, 0.2) is 76.7 Å². The number of aromatic nitrogens is 2. The minimum absolute atomic E-state index is 0.0608. The molecule has 0 saturated carbocycles. The topological polar surface area (TPSA) is 214 Å². The third-order valence-electron chi connectivity index (χ3n) is 6.73. The van der Waals surface area contributed by atoms with Crippen molar-refractivity contribution in [3.05, 3.63) is 78.0 Å². The number of sulfonamides is 2. The maximum absolute atomic E-state index is 14.0. The Morgan fingerprint density at radius 1 is 0.723 bits per heavy atom. The van der Waals surface area contributed by atoms with Crippen molar-refractivity contribution in [3.8, 4) is 17.2 Å². The molecule has 0 radical (unpaired) electrons. The normalized spacial score (nSPS) is 11.4. The SMILES string of the molecule is COc1cc(Cc2cnc(N(C(C)=O)S(=O)(=O)c3ccc(N)cc3)nc2N(C(C)=O)S(=O)(=O)c2ccc(N)cc2)cc(OC)c1OC. The van der Waals surface area contributed by atoms with Crippen LogP contribution in [-0.2, 0) is 36.1 Å². The van der Waals surface area contributed by atoms with Gasteiger partial charge in [0, 0.05) is 43.4 Å². The van der Waals surface area contributed by atoms with Gasteiger partial charge in [0.2, 0.25) is 23.5 Å². The van der Waals surface area contributed by atoms with Gasteiger partial charge in [0.15, 0.2) is 17.3 Å². The molecule has 1 aromatic heterocycles. The third kappa shape index (κ3) is 6.90. The van der Waals surface area contributed by atoms with Crippen LogP contribution in [-0.4, -0.2) is 59.9 Å². The Kier molecular flexibility index (Phi) is 9.91. The number of anilines is 4. The molecule has 0 fully saturated rings. The van der Waals surface area contributed by atoms with E-state index >= 15 is 0 Å². The standard InChI is InChI=1S/C30H32N6O9S2/c1-18(37)35(46(39,40)24-10-6-22(31)7-11-24)29-21(14-20-15-26(43-3)28(45-5)27(16-20)44-4)17-33-30(34-29)36(19(2)38)47(41,42)25-12-8-23(32)9-13-25/h6-13,15-17H,14,31-32H2,1-5H3. The number of methoxy groups -OCH3 is 3. The van der Waals surface area contributed by atoms with Gasteiger partial charge < -0.3 is 25.7 Å². The van der Waals surface area contributed by atoms with Gasteiger partial charge in [0.05, 0.1) is 31.1 Å². The minimum atomic E-state index is -4.67. The Bertz CT molecular complexity index is 2010. The van der Waals surface area contributed by atoms with Gasteiger partial charge in [0.1, 0.15) is 0 Å². The second-order valence-corrected chi connectivity index (χ2v) is 13.5. The fourth-order valence-corrected chi connectivity index (χ4v) is 7.33. The van der Waals surface area contributed by atoms with Gasteiger partial charge in [-0.15, -0.1) is 0 Å². The summed E-state index contributed by atoms with van der Waals surface area (Å²) < 4.78 is 72.2. The molecule has 4 N–H and O–H groups in total. The second kappa shape index (κ2) is 13.5. The van der Waals surface area contributed by atoms with Crippen molar-refractivity contribution in [1.29, 1.82) is 0 Å². The van der Waals surface area contributed by atoms with E-state index in [1.54, 1.807) is 12.1 Å². The molecular weight excluding hydrogens is 652 g/mol. The highest BCUT2D eigenvalue weighted by atomic mass is 32.2. The van der Waals surface area contributed by atoms with Gasteiger partial charge in [-0.2, -0.15) is 13.6 Å². The largest absolute Gasteiger partial charge is 0.493 e. The summed E-state index contributed by atoms with van der Waals surface area (Å²) in [6.45, 7) is 1.96. The average Bonchev–Trinajstić information content (AvgIpc) is 3.01. The van der Waals surface area contributed by atoms with E-state index in [0.717, 1.165) is 20.0 Å². The van der Waals surface area contributed by atoms with Crippen molar-refractivity contribution in [2.75, 3.05) is 41.4 Å². The van der Waals surface area contributed by atoms with E-state index in [1.807, 2.05) is 0 Å². The number of hydrogen-bond donors (Lipinski definition) is 2. The fourth-order valence-electron chi connectivity index (χ4n) is 4.58. The number of benzene rings is 3. The Labute approximate surface area is 271 Å². The minimum Gasteiger partial charge on any atom is -0.493 e. The summed E-state index contributed by atoms with van der Waals surface area (Å²) in [7, 11) is -5.05. The molecule has 1 heterocycles. The molecule has 0 saturated heterocycles. The van der Waals surface area contributed by atoms with Crippen LogP contribution < -0.4 is 34.3 Å². The quantitative estimate of drug-likeness (QED) is 0.218. The highest BCUT2D eigenvalue weighted by Crippen LogP contribution is 2.39. The molecule has 47 heavy (non-hydrogen) atoms. The molecule has 2 amide bonds. The van der Waals surface area contributed by atoms with E-state index in [9.17, 15) is 26.4 Å². The molecule has 0 aliphatic rings. The van der Waals surface area contributed by atoms with Crippen LogP contribution >= 0.6 is 0 Å². The zero-order valence-corrected chi connectivity index (χ0v) is 27.6. The lowest BCUT2D eigenvalue weighted by molar-refractivity contribution is -0.116. The molecule has 0 aliphatic carbocycles. The van der Waals surface area contributed by atoms with Gasteiger partial charge in [0.25, 0.3) is 20.0 Å². The van der Waals surface area contributed by atoms with Gasteiger partial charge >= 0.3 is 0 Å². The maximum Gasteiger partial charge on any atom is 0.273 e. The Balaban J connectivity index is 1.99. The zero-order valence-electron chi connectivity index (χ0n) is 26.0. The summed E-state index contributed by atoms with van der Waals surface area (Å²) in [5.74, 6) is -2.35. The van der Waals surface area contributed by atoms with E-state index in [2.05, 4.69) is 9.97 Å². The first-order chi connectivity index (χ1) is 22.1. The van der Waals surface area contributed by atoms with E-state index in [1.165, 1.54) is 69.9 Å². The van der Waals surface area contributed by atoms with Crippen LogP contribution in [0.3, 0.4) is 0 Å². The van der Waals surface area contributed by atoms with Crippen LogP contribution in [0.1, 0.15) is 25.0 Å². The first-order valence-electron chi connectivity index (χ1n) is 13.6. The number of nitrogens with zero attached hydrogens (tertiary/aromatic N) is 4. The highest BCUT2D eigenvalue weighted by molar-refractivity contribution is 7.94. The van der Waals surface area contributed by atoms with Crippen molar-refractivity contribution >= 4 is 55.0 Å². The summed E-state index contributed by atoms with van der Waals surface area (Å²) >= 11 is 0. The molecule has 0 bridgehead atoms. The number of hydrogen-bond acceptors (Lipinski definition) is 13. The summed E-state index contributed by atoms with van der Waals surface area (Å²) in [6, 6.07) is 13.3. The molecule has 4 aromatic rings. The van der Waals surface area contributed by atoms with Crippen LogP contribution in [0.25, 0.3) is 0 Å². The van der Waals surface area contributed by atoms with Crippen molar-refractivity contribution < 1.29 is 40.6 Å². The number of amides is 2. The first kappa shape index (κ1) is 34.5. The zero-order chi connectivity index (χ0) is 34.7.